The van der Waals surface area contributed by atoms with Gasteiger partial charge in [-0.2, -0.15) is 0 Å². The van der Waals surface area contributed by atoms with E-state index < -0.39 is 0 Å². The maximum Gasteiger partial charge on any atom is 0.256 e. The number of hydrogen-bond donors (Lipinski definition) is 1. The largest absolute Gasteiger partial charge is 0.389 e. The van der Waals surface area contributed by atoms with Crippen molar-refractivity contribution >= 4 is 16.7 Å². The second kappa shape index (κ2) is 3.82. The lowest BCUT2D eigenvalue weighted by atomic mass is 10.0. The fraction of sp³-hybridized carbons (Fsp3) is 0.231. The highest BCUT2D eigenvalue weighted by atomic mass is 16.3. The van der Waals surface area contributed by atoms with Crippen molar-refractivity contribution in [2.45, 2.75) is 6.10 Å². The Hall–Kier alpha value is -1.94. The number of fused-ring (bicyclic) bond motifs is 1. The Bertz CT molecular complexity index is 571. The molecule has 86 valence electrons. The van der Waals surface area contributed by atoms with Gasteiger partial charge in [0.05, 0.1) is 11.7 Å². The number of β-amino-alcohol motifs (C(OH)–C–C–N with tert-alkyl or cyclic N) is 1. The second-order valence-electron chi connectivity index (χ2n) is 4.27. The fourth-order valence-corrected chi connectivity index (χ4v) is 2.08. The number of carbonyl (C=O) groups is 1. The Labute approximate surface area is 98.5 Å². The molecule has 1 aliphatic rings. The third kappa shape index (κ3) is 1.66. The van der Waals surface area contributed by atoms with Gasteiger partial charge in [-0.05, 0) is 5.39 Å². The van der Waals surface area contributed by atoms with E-state index in [1.54, 1.807) is 17.3 Å². The zero-order valence-electron chi connectivity index (χ0n) is 9.21. The number of benzene rings is 1. The van der Waals surface area contributed by atoms with E-state index in [1.165, 1.54) is 0 Å². The zero-order valence-corrected chi connectivity index (χ0v) is 9.21. The molecule has 0 atom stereocenters. The van der Waals surface area contributed by atoms with Gasteiger partial charge in [-0.25, -0.2) is 0 Å². The molecule has 3 rings (SSSR count). The van der Waals surface area contributed by atoms with E-state index in [-0.39, 0.29) is 12.0 Å². The highest BCUT2D eigenvalue weighted by Gasteiger charge is 2.30. The van der Waals surface area contributed by atoms with Crippen LogP contribution in [0.1, 0.15) is 10.4 Å². The molecule has 1 aromatic heterocycles. The summed E-state index contributed by atoms with van der Waals surface area (Å²) >= 11 is 0. The highest BCUT2D eigenvalue weighted by molar-refractivity contribution is 6.06. The van der Waals surface area contributed by atoms with Crippen LogP contribution in [0.15, 0.2) is 36.7 Å². The standard InChI is InChI=1S/C13H12N2O2/c16-10-7-15(8-10)13(17)12-6-14-5-9-3-1-2-4-11(9)12/h1-6,10,16H,7-8H2. The van der Waals surface area contributed by atoms with Crippen LogP contribution in [0, 0.1) is 0 Å². The van der Waals surface area contributed by atoms with Crippen molar-refractivity contribution in [2.24, 2.45) is 0 Å². The summed E-state index contributed by atoms with van der Waals surface area (Å²) in [6.45, 7) is 0.837. The van der Waals surface area contributed by atoms with Crippen LogP contribution < -0.4 is 0 Å². The Kier molecular flexibility index (Phi) is 2.30. The molecule has 0 saturated carbocycles. The average molecular weight is 228 g/mol. The Morgan fingerprint density at radius 2 is 2.06 bits per heavy atom. The minimum atomic E-state index is -0.373. The van der Waals surface area contributed by atoms with Crippen LogP contribution in [0.4, 0.5) is 0 Å². The number of rotatable bonds is 1. The molecule has 0 unspecified atom stereocenters. The summed E-state index contributed by atoms with van der Waals surface area (Å²) in [5.41, 5.74) is 0.606. The summed E-state index contributed by atoms with van der Waals surface area (Å²) in [6, 6.07) is 7.68. The minimum absolute atomic E-state index is 0.0559. The van der Waals surface area contributed by atoms with Gasteiger partial charge in [0.15, 0.2) is 0 Å². The summed E-state index contributed by atoms with van der Waals surface area (Å²) in [7, 11) is 0. The smallest absolute Gasteiger partial charge is 0.256 e. The van der Waals surface area contributed by atoms with E-state index in [0.717, 1.165) is 10.8 Å². The first-order valence-electron chi connectivity index (χ1n) is 5.56. The normalized spacial score (nSPS) is 15.9. The lowest BCUT2D eigenvalue weighted by Crippen LogP contribution is -2.53. The molecule has 0 aliphatic carbocycles. The van der Waals surface area contributed by atoms with Gasteiger partial charge in [0, 0.05) is 30.9 Å². The lowest BCUT2D eigenvalue weighted by Gasteiger charge is -2.36. The topological polar surface area (TPSA) is 53.4 Å². The molecule has 1 aromatic carbocycles. The monoisotopic (exact) mass is 228 g/mol. The van der Waals surface area contributed by atoms with Crippen LogP contribution in [-0.2, 0) is 0 Å². The van der Waals surface area contributed by atoms with Gasteiger partial charge >= 0.3 is 0 Å². The lowest BCUT2D eigenvalue weighted by molar-refractivity contribution is 0.00600. The quantitative estimate of drug-likeness (QED) is 0.793. The third-order valence-corrected chi connectivity index (χ3v) is 3.05. The molecule has 2 aromatic rings. The van der Waals surface area contributed by atoms with Gasteiger partial charge < -0.3 is 10.0 Å². The van der Waals surface area contributed by atoms with E-state index in [0.29, 0.717) is 18.7 Å². The SMILES string of the molecule is O=C(c1cncc2ccccc12)N1CC(O)C1. The molecular formula is C13H12N2O2. The van der Waals surface area contributed by atoms with E-state index in [4.69, 9.17) is 0 Å². The zero-order chi connectivity index (χ0) is 11.8. The molecule has 1 saturated heterocycles. The number of hydrogen-bond acceptors (Lipinski definition) is 3. The predicted molar refractivity (Wildman–Crippen MR) is 63.7 cm³/mol. The second-order valence-corrected chi connectivity index (χ2v) is 4.27. The number of nitrogens with zero attached hydrogens (tertiary/aromatic N) is 2. The van der Waals surface area contributed by atoms with Crippen LogP contribution in [-0.4, -0.2) is 40.1 Å². The maximum absolute atomic E-state index is 12.2. The molecule has 17 heavy (non-hydrogen) atoms. The van der Waals surface area contributed by atoms with Gasteiger partial charge in [-0.3, -0.25) is 9.78 Å². The molecule has 0 spiro atoms. The number of amides is 1. The molecule has 1 N–H and O–H groups in total. The first-order chi connectivity index (χ1) is 8.25. The van der Waals surface area contributed by atoms with Crippen molar-refractivity contribution in [1.29, 1.82) is 0 Å². The van der Waals surface area contributed by atoms with E-state index in [9.17, 15) is 9.90 Å². The summed E-state index contributed by atoms with van der Waals surface area (Å²) in [5, 5.41) is 11.1. The fourth-order valence-electron chi connectivity index (χ4n) is 2.08. The van der Waals surface area contributed by atoms with E-state index in [1.807, 2.05) is 24.3 Å². The van der Waals surface area contributed by atoms with E-state index >= 15 is 0 Å². The van der Waals surface area contributed by atoms with Crippen molar-refractivity contribution in [1.82, 2.24) is 9.88 Å². The van der Waals surface area contributed by atoms with Crippen molar-refractivity contribution in [3.63, 3.8) is 0 Å². The Morgan fingerprint density at radius 3 is 2.82 bits per heavy atom. The Balaban J connectivity index is 2.02. The maximum atomic E-state index is 12.2. The molecule has 1 fully saturated rings. The van der Waals surface area contributed by atoms with Gasteiger partial charge in [-0.1, -0.05) is 24.3 Å². The molecule has 0 bridgehead atoms. The average Bonchev–Trinajstić information content (AvgIpc) is 2.33. The van der Waals surface area contributed by atoms with Gasteiger partial charge in [0.2, 0.25) is 0 Å². The molecular weight excluding hydrogens is 216 g/mol. The molecule has 1 amide bonds. The number of likely N-dealkylation sites (tertiary alicyclic amines) is 1. The molecule has 4 heteroatoms. The summed E-state index contributed by atoms with van der Waals surface area (Å²) in [4.78, 5) is 17.9. The van der Waals surface area contributed by atoms with Crippen LogP contribution in [0.2, 0.25) is 0 Å². The minimum Gasteiger partial charge on any atom is -0.389 e. The number of aliphatic hydroxyl groups excluding tert-OH is 1. The number of aliphatic hydroxyl groups is 1. The van der Waals surface area contributed by atoms with Crippen molar-refractivity contribution in [3.8, 4) is 0 Å². The van der Waals surface area contributed by atoms with Crippen molar-refractivity contribution in [3.05, 3.63) is 42.2 Å². The number of carbonyl (C=O) groups excluding carboxylic acids is 1. The van der Waals surface area contributed by atoms with Crippen molar-refractivity contribution < 1.29 is 9.90 Å². The van der Waals surface area contributed by atoms with Gasteiger partial charge in [-0.15, -0.1) is 0 Å². The summed E-state index contributed by atoms with van der Waals surface area (Å²) in [6.07, 6.45) is 2.97. The molecule has 0 radical (unpaired) electrons. The van der Waals surface area contributed by atoms with Crippen LogP contribution in [0.3, 0.4) is 0 Å². The summed E-state index contributed by atoms with van der Waals surface area (Å²) < 4.78 is 0. The van der Waals surface area contributed by atoms with Crippen LogP contribution >= 0.6 is 0 Å². The first-order valence-corrected chi connectivity index (χ1v) is 5.56. The van der Waals surface area contributed by atoms with Gasteiger partial charge in [0.1, 0.15) is 0 Å². The summed E-state index contributed by atoms with van der Waals surface area (Å²) in [5.74, 6) is -0.0559. The number of aromatic nitrogens is 1. The third-order valence-electron chi connectivity index (χ3n) is 3.05. The highest BCUT2D eigenvalue weighted by Crippen LogP contribution is 2.20. The molecule has 2 heterocycles. The predicted octanol–water partition coefficient (Wildman–Crippen LogP) is 1.05. The first kappa shape index (κ1) is 10.2. The molecule has 4 nitrogen and oxygen atoms in total. The van der Waals surface area contributed by atoms with Crippen molar-refractivity contribution in [2.75, 3.05) is 13.1 Å². The molecule has 1 aliphatic heterocycles. The Morgan fingerprint density at radius 1 is 1.29 bits per heavy atom. The van der Waals surface area contributed by atoms with E-state index in [2.05, 4.69) is 4.98 Å². The number of pyridine rings is 1. The van der Waals surface area contributed by atoms with Gasteiger partial charge in [0.25, 0.3) is 5.91 Å². The van der Waals surface area contributed by atoms with Crippen LogP contribution in [0.25, 0.3) is 10.8 Å². The van der Waals surface area contributed by atoms with Crippen LogP contribution in [0.5, 0.6) is 0 Å².